The number of nitrogens with zero attached hydrogens (tertiary/aromatic N) is 5. The van der Waals surface area contributed by atoms with Crippen LogP contribution in [-0.4, -0.2) is 52.2 Å². The van der Waals surface area contributed by atoms with Crippen molar-refractivity contribution in [3.63, 3.8) is 0 Å². The fourth-order valence-electron chi connectivity index (χ4n) is 3.82. The van der Waals surface area contributed by atoms with Crippen LogP contribution in [0.3, 0.4) is 0 Å². The van der Waals surface area contributed by atoms with Crippen LogP contribution in [0.25, 0.3) is 11.3 Å². The lowest BCUT2D eigenvalue weighted by molar-refractivity contribution is 0.0744. The summed E-state index contributed by atoms with van der Waals surface area (Å²) in [6, 6.07) is 24.6. The van der Waals surface area contributed by atoms with Gasteiger partial charge in [-0.1, -0.05) is 30.3 Å². The van der Waals surface area contributed by atoms with Crippen molar-refractivity contribution in [3.8, 4) is 22.8 Å². The monoisotopic (exact) mass is 437 g/mol. The first kappa shape index (κ1) is 20.6. The summed E-state index contributed by atoms with van der Waals surface area (Å²) in [4.78, 5) is 21.4. The Morgan fingerprint density at radius 1 is 0.788 bits per heavy atom. The Morgan fingerprint density at radius 3 is 2.30 bits per heavy atom. The van der Waals surface area contributed by atoms with Crippen LogP contribution in [0.4, 0.5) is 5.82 Å². The van der Waals surface area contributed by atoms with Crippen LogP contribution in [0.2, 0.25) is 0 Å². The van der Waals surface area contributed by atoms with Gasteiger partial charge in [-0.05, 0) is 48.5 Å². The molecule has 2 aromatic heterocycles. The van der Waals surface area contributed by atoms with Crippen LogP contribution < -0.4 is 9.64 Å². The first-order valence-corrected chi connectivity index (χ1v) is 10.9. The third-order valence-electron chi connectivity index (χ3n) is 5.59. The number of benzene rings is 2. The summed E-state index contributed by atoms with van der Waals surface area (Å²) >= 11 is 0. The molecule has 1 aliphatic rings. The Balaban J connectivity index is 1.24. The normalized spacial score (nSPS) is 13.6. The van der Waals surface area contributed by atoms with Crippen LogP contribution in [0.5, 0.6) is 11.5 Å². The van der Waals surface area contributed by atoms with Crippen molar-refractivity contribution >= 4 is 11.7 Å². The molecule has 33 heavy (non-hydrogen) atoms. The van der Waals surface area contributed by atoms with Gasteiger partial charge in [0.25, 0.3) is 5.91 Å². The Morgan fingerprint density at radius 2 is 1.58 bits per heavy atom. The highest BCUT2D eigenvalue weighted by Crippen LogP contribution is 2.27. The number of hydrogen-bond acceptors (Lipinski definition) is 6. The minimum Gasteiger partial charge on any atom is -0.457 e. The fourth-order valence-corrected chi connectivity index (χ4v) is 3.82. The summed E-state index contributed by atoms with van der Waals surface area (Å²) in [6.45, 7) is 2.58. The summed E-state index contributed by atoms with van der Waals surface area (Å²) in [5.74, 6) is 2.05. The Bertz CT molecular complexity index is 1210. The standard InChI is InChI=1S/C26H23N5O2/c32-26(22-10-4-5-11-24(22)33-21-8-2-1-3-9-21)31-17-15-30(16-18-31)25-13-12-23(28-29-25)20-7-6-14-27-19-20/h1-14,19H,15-18H2. The maximum Gasteiger partial charge on any atom is 0.257 e. The smallest absolute Gasteiger partial charge is 0.257 e. The molecule has 5 rings (SSSR count). The molecule has 0 unspecified atom stereocenters. The lowest BCUT2D eigenvalue weighted by Crippen LogP contribution is -2.49. The van der Waals surface area contributed by atoms with Gasteiger partial charge in [0.1, 0.15) is 11.5 Å². The topological polar surface area (TPSA) is 71.5 Å². The molecule has 4 aromatic rings. The average molecular weight is 438 g/mol. The summed E-state index contributed by atoms with van der Waals surface area (Å²) in [6.07, 6.45) is 3.51. The van der Waals surface area contributed by atoms with Crippen molar-refractivity contribution in [3.05, 3.63) is 96.8 Å². The number of rotatable bonds is 5. The molecule has 3 heterocycles. The van der Waals surface area contributed by atoms with E-state index in [9.17, 15) is 4.79 Å². The number of para-hydroxylation sites is 2. The molecule has 1 amide bonds. The number of piperazine rings is 1. The van der Waals surface area contributed by atoms with Crippen molar-refractivity contribution in [1.82, 2.24) is 20.1 Å². The summed E-state index contributed by atoms with van der Waals surface area (Å²) in [7, 11) is 0. The second-order valence-electron chi connectivity index (χ2n) is 7.71. The summed E-state index contributed by atoms with van der Waals surface area (Å²) < 4.78 is 5.98. The van der Waals surface area contributed by atoms with E-state index in [0.29, 0.717) is 43.2 Å². The van der Waals surface area contributed by atoms with Gasteiger partial charge in [0.05, 0.1) is 11.3 Å². The molecule has 0 spiro atoms. The van der Waals surface area contributed by atoms with Crippen molar-refractivity contribution in [2.24, 2.45) is 0 Å². The second kappa shape index (κ2) is 9.48. The molecule has 7 heteroatoms. The van der Waals surface area contributed by atoms with Crippen molar-refractivity contribution < 1.29 is 9.53 Å². The van der Waals surface area contributed by atoms with Gasteiger partial charge in [-0.2, -0.15) is 0 Å². The minimum atomic E-state index is -0.0285. The zero-order valence-corrected chi connectivity index (χ0v) is 18.0. The molecule has 0 saturated carbocycles. The summed E-state index contributed by atoms with van der Waals surface area (Å²) in [5, 5.41) is 8.74. The maximum absolute atomic E-state index is 13.2. The van der Waals surface area contributed by atoms with E-state index in [4.69, 9.17) is 4.74 Å². The van der Waals surface area contributed by atoms with E-state index < -0.39 is 0 Å². The highest BCUT2D eigenvalue weighted by atomic mass is 16.5. The number of pyridine rings is 1. The fraction of sp³-hybridized carbons (Fsp3) is 0.154. The van der Waals surface area contributed by atoms with E-state index in [2.05, 4.69) is 20.1 Å². The van der Waals surface area contributed by atoms with Crippen LogP contribution in [0, 0.1) is 0 Å². The molecule has 2 aromatic carbocycles. The third kappa shape index (κ3) is 4.67. The van der Waals surface area contributed by atoms with E-state index in [1.54, 1.807) is 12.4 Å². The average Bonchev–Trinajstić information content (AvgIpc) is 2.90. The van der Waals surface area contributed by atoms with Gasteiger partial charge < -0.3 is 14.5 Å². The maximum atomic E-state index is 13.2. The minimum absolute atomic E-state index is 0.0285. The van der Waals surface area contributed by atoms with Crippen LogP contribution in [0.1, 0.15) is 10.4 Å². The highest BCUT2D eigenvalue weighted by Gasteiger charge is 2.25. The second-order valence-corrected chi connectivity index (χ2v) is 7.71. The molecule has 1 fully saturated rings. The molecule has 1 saturated heterocycles. The largest absolute Gasteiger partial charge is 0.457 e. The zero-order chi connectivity index (χ0) is 22.5. The lowest BCUT2D eigenvalue weighted by Gasteiger charge is -2.35. The van der Waals surface area contributed by atoms with Crippen LogP contribution in [-0.2, 0) is 0 Å². The van der Waals surface area contributed by atoms with Gasteiger partial charge in [-0.15, -0.1) is 10.2 Å². The molecule has 0 atom stereocenters. The first-order chi connectivity index (χ1) is 16.3. The van der Waals surface area contributed by atoms with Crippen LogP contribution >= 0.6 is 0 Å². The van der Waals surface area contributed by atoms with Crippen molar-refractivity contribution in [2.45, 2.75) is 0 Å². The quantitative estimate of drug-likeness (QED) is 0.464. The van der Waals surface area contributed by atoms with Gasteiger partial charge in [0, 0.05) is 44.1 Å². The molecular weight excluding hydrogens is 414 g/mol. The van der Waals surface area contributed by atoms with Crippen molar-refractivity contribution in [1.29, 1.82) is 0 Å². The Hall–Kier alpha value is -4.26. The first-order valence-electron chi connectivity index (χ1n) is 10.9. The number of carbonyl (C=O) groups excluding carboxylic acids is 1. The molecule has 1 aliphatic heterocycles. The molecular formula is C26H23N5O2. The Kier molecular flexibility index (Phi) is 5.93. The molecule has 0 N–H and O–H groups in total. The molecule has 0 radical (unpaired) electrons. The number of amides is 1. The van der Waals surface area contributed by atoms with E-state index in [-0.39, 0.29) is 5.91 Å². The predicted octanol–water partition coefficient (Wildman–Crippen LogP) is 4.29. The SMILES string of the molecule is O=C(c1ccccc1Oc1ccccc1)N1CCN(c2ccc(-c3cccnc3)nn2)CC1. The number of anilines is 1. The molecule has 7 nitrogen and oxygen atoms in total. The number of hydrogen-bond donors (Lipinski definition) is 0. The van der Waals surface area contributed by atoms with Gasteiger partial charge in [0.2, 0.25) is 0 Å². The zero-order valence-electron chi connectivity index (χ0n) is 18.0. The molecule has 0 bridgehead atoms. The lowest BCUT2D eigenvalue weighted by atomic mass is 10.1. The number of aromatic nitrogens is 3. The predicted molar refractivity (Wildman–Crippen MR) is 126 cm³/mol. The third-order valence-corrected chi connectivity index (χ3v) is 5.59. The van der Waals surface area contributed by atoms with E-state index in [1.165, 1.54) is 0 Å². The molecule has 0 aliphatic carbocycles. The number of ether oxygens (including phenoxy) is 1. The van der Waals surface area contributed by atoms with E-state index >= 15 is 0 Å². The van der Waals surface area contributed by atoms with Gasteiger partial charge in [0.15, 0.2) is 5.82 Å². The molecule has 164 valence electrons. The Labute approximate surface area is 192 Å². The van der Waals surface area contributed by atoms with Gasteiger partial charge >= 0.3 is 0 Å². The van der Waals surface area contributed by atoms with E-state index in [0.717, 1.165) is 17.1 Å². The van der Waals surface area contributed by atoms with Crippen molar-refractivity contribution in [2.75, 3.05) is 31.1 Å². The number of carbonyl (C=O) groups is 1. The van der Waals surface area contributed by atoms with Gasteiger partial charge in [-0.25, -0.2) is 0 Å². The van der Waals surface area contributed by atoms with Gasteiger partial charge in [-0.3, -0.25) is 9.78 Å². The summed E-state index contributed by atoms with van der Waals surface area (Å²) in [5.41, 5.74) is 2.29. The van der Waals surface area contributed by atoms with Crippen LogP contribution in [0.15, 0.2) is 91.3 Å². The highest BCUT2D eigenvalue weighted by molar-refractivity contribution is 5.97. The van der Waals surface area contributed by atoms with E-state index in [1.807, 2.05) is 83.8 Å².